The van der Waals surface area contributed by atoms with Crippen LogP contribution in [-0.4, -0.2) is 60.1 Å². The van der Waals surface area contributed by atoms with Gasteiger partial charge in [-0.05, 0) is 43.8 Å². The van der Waals surface area contributed by atoms with Gasteiger partial charge in [0.1, 0.15) is 0 Å². The fourth-order valence-electron chi connectivity index (χ4n) is 4.35. The van der Waals surface area contributed by atoms with Crippen LogP contribution < -0.4 is 0 Å². The van der Waals surface area contributed by atoms with Gasteiger partial charge < -0.3 is 14.9 Å². The van der Waals surface area contributed by atoms with E-state index in [0.717, 1.165) is 53.9 Å². The third-order valence-electron chi connectivity index (χ3n) is 5.61. The van der Waals surface area contributed by atoms with E-state index < -0.39 is 0 Å². The quantitative estimate of drug-likeness (QED) is 0.865. The summed E-state index contributed by atoms with van der Waals surface area (Å²) in [6, 6.07) is 10.1. The molecule has 0 saturated carbocycles. The maximum absolute atomic E-state index is 13.0. The predicted octanol–water partition coefficient (Wildman–Crippen LogP) is 2.82. The first kappa shape index (κ1) is 16.1. The van der Waals surface area contributed by atoms with Crippen molar-refractivity contribution in [3.63, 3.8) is 0 Å². The molecule has 2 atom stereocenters. The van der Waals surface area contributed by atoms with E-state index in [1.165, 1.54) is 0 Å². The van der Waals surface area contributed by atoms with Crippen LogP contribution in [0, 0.1) is 5.41 Å². The summed E-state index contributed by atoms with van der Waals surface area (Å²) in [5, 5.41) is 11.8. The number of piperidine rings is 2. The predicted molar refractivity (Wildman–Crippen MR) is 97.5 cm³/mol. The summed E-state index contributed by atoms with van der Waals surface area (Å²) in [4.78, 5) is 18.1. The van der Waals surface area contributed by atoms with Gasteiger partial charge in [-0.2, -0.15) is 0 Å². The van der Waals surface area contributed by atoms with Crippen LogP contribution in [-0.2, 0) is 0 Å². The van der Waals surface area contributed by atoms with Crippen molar-refractivity contribution in [2.24, 2.45) is 5.41 Å². The second-order valence-electron chi connectivity index (χ2n) is 7.38. The number of amides is 1. The third kappa shape index (κ3) is 2.75. The number of hydrogen-bond donors (Lipinski definition) is 1. The van der Waals surface area contributed by atoms with Crippen LogP contribution in [0.25, 0.3) is 10.1 Å². The van der Waals surface area contributed by atoms with E-state index in [-0.39, 0.29) is 17.4 Å². The zero-order chi connectivity index (χ0) is 16.7. The van der Waals surface area contributed by atoms with Crippen molar-refractivity contribution in [3.8, 4) is 0 Å². The topological polar surface area (TPSA) is 43.8 Å². The van der Waals surface area contributed by atoms with Crippen molar-refractivity contribution in [2.75, 3.05) is 33.2 Å². The minimum absolute atomic E-state index is 0.121. The molecule has 1 spiro atoms. The highest BCUT2D eigenvalue weighted by molar-refractivity contribution is 7.20. The SMILES string of the molecule is CN1CC[C@H](O)[C@@]2(CCCN(C(=O)c3cc4ccccc4s3)C2)C1. The molecule has 2 aromatic rings. The average Bonchev–Trinajstić information content (AvgIpc) is 3.02. The lowest BCUT2D eigenvalue weighted by molar-refractivity contribution is -0.0730. The van der Waals surface area contributed by atoms with E-state index in [1.807, 2.05) is 23.1 Å². The zero-order valence-corrected chi connectivity index (χ0v) is 14.9. The Balaban J connectivity index is 1.58. The number of nitrogens with zero attached hydrogens (tertiary/aromatic N) is 2. The van der Waals surface area contributed by atoms with Gasteiger partial charge in [-0.1, -0.05) is 18.2 Å². The van der Waals surface area contributed by atoms with Crippen molar-refractivity contribution in [1.29, 1.82) is 0 Å². The largest absolute Gasteiger partial charge is 0.392 e. The van der Waals surface area contributed by atoms with Gasteiger partial charge in [0.25, 0.3) is 5.91 Å². The van der Waals surface area contributed by atoms with Crippen molar-refractivity contribution < 1.29 is 9.90 Å². The minimum Gasteiger partial charge on any atom is -0.392 e. The van der Waals surface area contributed by atoms with Gasteiger partial charge in [-0.15, -0.1) is 11.3 Å². The molecule has 0 unspecified atom stereocenters. The minimum atomic E-state index is -0.299. The molecule has 4 nitrogen and oxygen atoms in total. The monoisotopic (exact) mass is 344 g/mol. The lowest BCUT2D eigenvalue weighted by atomic mass is 9.71. The molecule has 1 aromatic carbocycles. The van der Waals surface area contributed by atoms with Crippen LogP contribution >= 0.6 is 11.3 Å². The number of rotatable bonds is 1. The Kier molecular flexibility index (Phi) is 4.11. The van der Waals surface area contributed by atoms with Crippen LogP contribution in [0.4, 0.5) is 0 Å². The Morgan fingerprint density at radius 1 is 1.29 bits per heavy atom. The normalized spacial score (nSPS) is 28.6. The van der Waals surface area contributed by atoms with E-state index >= 15 is 0 Å². The first-order chi connectivity index (χ1) is 11.6. The molecule has 0 radical (unpaired) electrons. The maximum atomic E-state index is 13.0. The molecule has 1 amide bonds. The molecular weight excluding hydrogens is 320 g/mol. The van der Waals surface area contributed by atoms with E-state index in [2.05, 4.69) is 24.1 Å². The second kappa shape index (κ2) is 6.14. The average molecular weight is 344 g/mol. The number of aliphatic hydroxyl groups is 1. The maximum Gasteiger partial charge on any atom is 0.263 e. The lowest BCUT2D eigenvalue weighted by Gasteiger charge is -2.50. The molecule has 0 bridgehead atoms. The molecule has 128 valence electrons. The van der Waals surface area contributed by atoms with Gasteiger partial charge >= 0.3 is 0 Å². The summed E-state index contributed by atoms with van der Waals surface area (Å²) in [7, 11) is 2.11. The van der Waals surface area contributed by atoms with Crippen LogP contribution in [0.3, 0.4) is 0 Å². The Labute approximate surface area is 146 Å². The summed E-state index contributed by atoms with van der Waals surface area (Å²) < 4.78 is 1.16. The van der Waals surface area contributed by atoms with Gasteiger partial charge in [-0.3, -0.25) is 4.79 Å². The molecular formula is C19H24N2O2S. The van der Waals surface area contributed by atoms with Crippen LogP contribution in [0.1, 0.15) is 28.9 Å². The number of thiophene rings is 1. The molecule has 2 saturated heterocycles. The first-order valence-corrected chi connectivity index (χ1v) is 9.54. The molecule has 0 aliphatic carbocycles. The number of benzene rings is 1. The van der Waals surface area contributed by atoms with Crippen molar-refractivity contribution in [1.82, 2.24) is 9.80 Å². The fraction of sp³-hybridized carbons (Fsp3) is 0.526. The highest BCUT2D eigenvalue weighted by Crippen LogP contribution is 2.39. The highest BCUT2D eigenvalue weighted by atomic mass is 32.1. The van der Waals surface area contributed by atoms with Gasteiger partial charge in [0.15, 0.2) is 0 Å². The third-order valence-corrected chi connectivity index (χ3v) is 6.71. The summed E-state index contributed by atoms with van der Waals surface area (Å²) >= 11 is 1.57. The first-order valence-electron chi connectivity index (χ1n) is 8.72. The molecule has 1 N–H and O–H groups in total. The summed E-state index contributed by atoms with van der Waals surface area (Å²) in [5.41, 5.74) is -0.155. The summed E-state index contributed by atoms with van der Waals surface area (Å²) in [6.45, 7) is 3.29. The number of carbonyl (C=O) groups is 1. The van der Waals surface area contributed by atoms with E-state index in [4.69, 9.17) is 0 Å². The molecule has 2 fully saturated rings. The van der Waals surface area contributed by atoms with Gasteiger partial charge in [0.2, 0.25) is 0 Å². The van der Waals surface area contributed by atoms with Crippen molar-refractivity contribution in [2.45, 2.75) is 25.4 Å². The Morgan fingerprint density at radius 2 is 2.12 bits per heavy atom. The Morgan fingerprint density at radius 3 is 2.96 bits per heavy atom. The van der Waals surface area contributed by atoms with Crippen LogP contribution in [0.5, 0.6) is 0 Å². The molecule has 3 heterocycles. The molecule has 1 aromatic heterocycles. The van der Waals surface area contributed by atoms with Crippen LogP contribution in [0.2, 0.25) is 0 Å². The number of aliphatic hydroxyl groups excluding tert-OH is 1. The van der Waals surface area contributed by atoms with Gasteiger partial charge in [0, 0.05) is 36.3 Å². The van der Waals surface area contributed by atoms with E-state index in [0.29, 0.717) is 6.54 Å². The van der Waals surface area contributed by atoms with Crippen LogP contribution in [0.15, 0.2) is 30.3 Å². The standard InChI is InChI=1S/C19H24N2O2S/c1-20-10-7-17(22)19(12-20)8-4-9-21(13-19)18(23)16-11-14-5-2-3-6-15(14)24-16/h2-3,5-6,11,17,22H,4,7-10,12-13H2,1H3/t17-,19-/m0/s1. The van der Waals surface area contributed by atoms with Crippen molar-refractivity contribution in [3.05, 3.63) is 35.2 Å². The Hall–Kier alpha value is -1.43. The van der Waals surface area contributed by atoms with Gasteiger partial charge in [0.05, 0.1) is 11.0 Å². The zero-order valence-electron chi connectivity index (χ0n) is 14.1. The number of fused-ring (bicyclic) bond motifs is 1. The van der Waals surface area contributed by atoms with Crippen molar-refractivity contribution >= 4 is 27.3 Å². The lowest BCUT2D eigenvalue weighted by Crippen LogP contribution is -2.59. The molecule has 24 heavy (non-hydrogen) atoms. The number of carbonyl (C=O) groups excluding carboxylic acids is 1. The smallest absolute Gasteiger partial charge is 0.263 e. The van der Waals surface area contributed by atoms with E-state index in [9.17, 15) is 9.90 Å². The molecule has 4 rings (SSSR count). The second-order valence-corrected chi connectivity index (χ2v) is 8.47. The van der Waals surface area contributed by atoms with Gasteiger partial charge in [-0.25, -0.2) is 0 Å². The molecule has 2 aliphatic rings. The number of hydrogen-bond acceptors (Lipinski definition) is 4. The molecule has 2 aliphatic heterocycles. The Bertz CT molecular complexity index is 726. The number of likely N-dealkylation sites (tertiary alicyclic amines) is 2. The fourth-order valence-corrected chi connectivity index (χ4v) is 5.38. The highest BCUT2D eigenvalue weighted by Gasteiger charge is 2.45. The summed E-state index contributed by atoms with van der Waals surface area (Å²) in [6.07, 6.45) is 2.49. The van der Waals surface area contributed by atoms with E-state index in [1.54, 1.807) is 11.3 Å². The summed E-state index contributed by atoms with van der Waals surface area (Å²) in [5.74, 6) is 0.121. The molecule has 5 heteroatoms.